The Hall–Kier alpha value is -0.730. The minimum absolute atomic E-state index is 0.726. The normalized spacial score (nSPS) is 39.6. The lowest BCUT2D eigenvalue weighted by atomic mass is 9.95. The van der Waals surface area contributed by atoms with Crippen LogP contribution in [-0.4, -0.2) is 68.6 Å². The third kappa shape index (κ3) is 1.49. The van der Waals surface area contributed by atoms with Crippen molar-refractivity contribution in [1.82, 2.24) is 0 Å². The number of esters is 1. The molecule has 0 aliphatic carbocycles. The van der Waals surface area contributed by atoms with E-state index in [2.05, 4.69) is 4.74 Å². The molecule has 0 aromatic rings. The number of cyclic esters (lactones) is 1. The van der Waals surface area contributed by atoms with Gasteiger partial charge in [0.1, 0.15) is 12.2 Å². The van der Waals surface area contributed by atoms with Gasteiger partial charge >= 0.3 is 5.97 Å². The van der Waals surface area contributed by atoms with E-state index in [0.717, 1.165) is 0 Å². The first-order valence-electron chi connectivity index (χ1n) is 3.98. The molecule has 0 unspecified atom stereocenters. The van der Waals surface area contributed by atoms with Gasteiger partial charge in [0.2, 0.25) is 5.60 Å². The Labute approximate surface area is 79.2 Å². The van der Waals surface area contributed by atoms with Crippen molar-refractivity contribution in [2.75, 3.05) is 13.2 Å². The predicted molar refractivity (Wildman–Crippen MR) is 41.0 cm³/mol. The topological polar surface area (TPSA) is 127 Å². The van der Waals surface area contributed by atoms with E-state index in [1.807, 2.05) is 0 Å². The molecule has 1 fully saturated rings. The lowest BCUT2D eigenvalue weighted by molar-refractivity contribution is -0.161. The van der Waals surface area contributed by atoms with Crippen molar-refractivity contribution < 1.29 is 35.1 Å². The summed E-state index contributed by atoms with van der Waals surface area (Å²) in [4.78, 5) is 11.0. The molecule has 1 aliphatic heterocycles. The number of aliphatic hydroxyl groups excluding tert-OH is 4. The molecule has 0 spiro atoms. The van der Waals surface area contributed by atoms with Crippen LogP contribution in [0.1, 0.15) is 0 Å². The zero-order valence-corrected chi connectivity index (χ0v) is 7.20. The van der Waals surface area contributed by atoms with Gasteiger partial charge in [0.15, 0.2) is 6.10 Å². The van der Waals surface area contributed by atoms with Gasteiger partial charge in [0, 0.05) is 0 Å². The lowest BCUT2D eigenvalue weighted by Gasteiger charge is -2.22. The molecular formula is C7H12O7. The van der Waals surface area contributed by atoms with Crippen LogP contribution in [0, 0.1) is 0 Å². The summed E-state index contributed by atoms with van der Waals surface area (Å²) in [6, 6.07) is 0. The van der Waals surface area contributed by atoms with Gasteiger partial charge in [0.25, 0.3) is 0 Å². The third-order valence-electron chi connectivity index (χ3n) is 2.20. The number of carbonyl (C=O) groups is 1. The zero-order valence-electron chi connectivity index (χ0n) is 7.20. The summed E-state index contributed by atoms with van der Waals surface area (Å²) in [5.74, 6) is -1.22. The Morgan fingerprint density at radius 1 is 1.50 bits per heavy atom. The van der Waals surface area contributed by atoms with E-state index < -0.39 is 43.1 Å². The third-order valence-corrected chi connectivity index (χ3v) is 2.20. The fraction of sp³-hybridized carbons (Fsp3) is 0.857. The van der Waals surface area contributed by atoms with Gasteiger partial charge in [0.05, 0.1) is 13.2 Å². The van der Waals surface area contributed by atoms with Crippen molar-refractivity contribution in [3.63, 3.8) is 0 Å². The minimum atomic E-state index is -2.42. The molecule has 4 atom stereocenters. The summed E-state index contributed by atoms with van der Waals surface area (Å²) < 4.78 is 4.42. The Bertz CT molecular complexity index is 230. The molecule has 0 radical (unpaired) electrons. The molecule has 0 aromatic heterocycles. The maximum Gasteiger partial charge on any atom is 0.343 e. The second kappa shape index (κ2) is 3.79. The molecule has 5 N–H and O–H groups in total. The molecule has 0 amide bonds. The van der Waals surface area contributed by atoms with Crippen LogP contribution < -0.4 is 0 Å². The highest BCUT2D eigenvalue weighted by Gasteiger charge is 2.57. The van der Waals surface area contributed by atoms with Crippen LogP contribution in [-0.2, 0) is 9.53 Å². The Morgan fingerprint density at radius 2 is 2.07 bits per heavy atom. The number of ether oxygens (including phenoxy) is 1. The fourth-order valence-corrected chi connectivity index (χ4v) is 1.23. The van der Waals surface area contributed by atoms with Crippen molar-refractivity contribution in [1.29, 1.82) is 0 Å². The second-order valence-electron chi connectivity index (χ2n) is 3.15. The van der Waals surface area contributed by atoms with E-state index in [0.29, 0.717) is 0 Å². The average Bonchev–Trinajstić information content (AvgIpc) is 2.42. The molecule has 7 nitrogen and oxygen atoms in total. The largest absolute Gasteiger partial charge is 0.454 e. The molecule has 1 saturated heterocycles. The molecule has 1 aliphatic rings. The molecule has 0 bridgehead atoms. The quantitative estimate of drug-likeness (QED) is 0.302. The maximum absolute atomic E-state index is 11.0. The van der Waals surface area contributed by atoms with Gasteiger partial charge in [-0.1, -0.05) is 0 Å². The van der Waals surface area contributed by atoms with Crippen molar-refractivity contribution in [2.24, 2.45) is 0 Å². The Balaban J connectivity index is 2.84. The first-order valence-corrected chi connectivity index (χ1v) is 3.98. The Morgan fingerprint density at radius 3 is 2.43 bits per heavy atom. The number of hydrogen-bond acceptors (Lipinski definition) is 7. The summed E-state index contributed by atoms with van der Waals surface area (Å²) in [5.41, 5.74) is -2.42. The van der Waals surface area contributed by atoms with E-state index in [1.54, 1.807) is 0 Å². The highest BCUT2D eigenvalue weighted by atomic mass is 16.6. The summed E-state index contributed by atoms with van der Waals surface area (Å²) in [5, 5.41) is 45.1. The summed E-state index contributed by atoms with van der Waals surface area (Å²) >= 11 is 0. The van der Waals surface area contributed by atoms with Gasteiger partial charge in [-0.25, -0.2) is 4.79 Å². The highest BCUT2D eigenvalue weighted by Crippen LogP contribution is 2.27. The van der Waals surface area contributed by atoms with Crippen LogP contribution >= 0.6 is 0 Å². The zero-order chi connectivity index (χ0) is 10.9. The van der Waals surface area contributed by atoms with Crippen molar-refractivity contribution in [3.05, 3.63) is 0 Å². The van der Waals surface area contributed by atoms with E-state index in [4.69, 9.17) is 15.3 Å². The van der Waals surface area contributed by atoms with Crippen molar-refractivity contribution >= 4 is 5.97 Å². The van der Waals surface area contributed by atoms with E-state index in [1.165, 1.54) is 0 Å². The highest BCUT2D eigenvalue weighted by molar-refractivity contribution is 5.83. The van der Waals surface area contributed by atoms with E-state index in [-0.39, 0.29) is 0 Å². The second-order valence-corrected chi connectivity index (χ2v) is 3.15. The molecule has 82 valence electrons. The molecular weight excluding hydrogens is 196 g/mol. The van der Waals surface area contributed by atoms with Crippen LogP contribution in [0.15, 0.2) is 0 Å². The van der Waals surface area contributed by atoms with E-state index >= 15 is 0 Å². The lowest BCUT2D eigenvalue weighted by Crippen LogP contribution is -2.51. The first kappa shape index (κ1) is 11.3. The average molecular weight is 208 g/mol. The van der Waals surface area contributed by atoms with Crippen LogP contribution in [0.3, 0.4) is 0 Å². The smallest absolute Gasteiger partial charge is 0.343 e. The van der Waals surface area contributed by atoms with Crippen LogP contribution in [0.25, 0.3) is 0 Å². The van der Waals surface area contributed by atoms with Crippen molar-refractivity contribution in [3.8, 4) is 0 Å². The van der Waals surface area contributed by atoms with Crippen LogP contribution in [0.5, 0.6) is 0 Å². The fourth-order valence-electron chi connectivity index (χ4n) is 1.23. The van der Waals surface area contributed by atoms with Gasteiger partial charge < -0.3 is 30.3 Å². The molecule has 14 heavy (non-hydrogen) atoms. The summed E-state index contributed by atoms with van der Waals surface area (Å²) in [6.07, 6.45) is -4.68. The van der Waals surface area contributed by atoms with Gasteiger partial charge in [-0.05, 0) is 0 Å². The number of hydrogen-bond donors (Lipinski definition) is 5. The van der Waals surface area contributed by atoms with Crippen LogP contribution in [0.2, 0.25) is 0 Å². The molecule has 7 heteroatoms. The Kier molecular flexibility index (Phi) is 3.07. The summed E-state index contributed by atoms with van der Waals surface area (Å²) in [6.45, 7) is -1.74. The summed E-state index contributed by atoms with van der Waals surface area (Å²) in [7, 11) is 0. The number of aliphatic hydroxyl groups is 5. The standard InChI is InChI=1S/C7H12O7/c8-1-3(10)4-5(11)7(13,2-9)6(12)14-4/h3-5,8-11,13H,1-2H2/t3-,4-,5-,7-/m1/s1. The first-order chi connectivity index (χ1) is 6.47. The SMILES string of the molecule is O=C1O[C@H]([C@H](O)CO)[C@@H](O)[C@]1(O)CO. The number of carbonyl (C=O) groups excluding carboxylic acids is 1. The molecule has 1 rings (SSSR count). The molecule has 0 aromatic carbocycles. The van der Waals surface area contributed by atoms with Crippen LogP contribution in [0.4, 0.5) is 0 Å². The molecule has 1 heterocycles. The molecule has 0 saturated carbocycles. The van der Waals surface area contributed by atoms with Gasteiger partial charge in [-0.15, -0.1) is 0 Å². The van der Waals surface area contributed by atoms with Gasteiger partial charge in [-0.3, -0.25) is 0 Å². The maximum atomic E-state index is 11.0. The number of rotatable bonds is 3. The predicted octanol–water partition coefficient (Wildman–Crippen LogP) is -3.65. The van der Waals surface area contributed by atoms with E-state index in [9.17, 15) is 15.0 Å². The van der Waals surface area contributed by atoms with Crippen molar-refractivity contribution in [2.45, 2.75) is 23.9 Å². The minimum Gasteiger partial charge on any atom is -0.454 e. The van der Waals surface area contributed by atoms with Gasteiger partial charge in [-0.2, -0.15) is 0 Å². The monoisotopic (exact) mass is 208 g/mol.